The minimum absolute atomic E-state index is 0.0213. The Labute approximate surface area is 51.7 Å². The molecule has 1 aromatic heterocycles. The van der Waals surface area contributed by atoms with E-state index in [1.54, 1.807) is 0 Å². The van der Waals surface area contributed by atoms with E-state index in [4.69, 9.17) is 5.73 Å². The van der Waals surface area contributed by atoms with Crippen molar-refractivity contribution in [3.05, 3.63) is 18.4 Å². The minimum Gasteiger partial charge on any atom is -0.451 e. The van der Waals surface area contributed by atoms with Crippen LogP contribution in [0, 0.1) is 0 Å². The number of oxazole rings is 1. The SMILES string of the molecule is NCC(=O)c1cocn1. The number of hydrogen-bond acceptors (Lipinski definition) is 4. The van der Waals surface area contributed by atoms with Crippen molar-refractivity contribution in [1.29, 1.82) is 0 Å². The van der Waals surface area contributed by atoms with Gasteiger partial charge in [-0.2, -0.15) is 0 Å². The summed E-state index contributed by atoms with van der Waals surface area (Å²) in [6, 6.07) is 0. The summed E-state index contributed by atoms with van der Waals surface area (Å²) in [4.78, 5) is 14.2. The molecule has 0 aromatic carbocycles. The molecule has 0 aliphatic carbocycles. The maximum Gasteiger partial charge on any atom is 0.197 e. The summed E-state index contributed by atoms with van der Waals surface area (Å²) in [5.41, 5.74) is 5.32. The molecule has 0 atom stereocenters. The second kappa shape index (κ2) is 2.41. The smallest absolute Gasteiger partial charge is 0.197 e. The van der Waals surface area contributed by atoms with Crippen LogP contribution in [0.1, 0.15) is 10.5 Å². The Hall–Kier alpha value is -1.16. The lowest BCUT2D eigenvalue weighted by Gasteiger charge is -1.84. The fourth-order valence-corrected chi connectivity index (χ4v) is 0.455. The van der Waals surface area contributed by atoms with Gasteiger partial charge in [0.2, 0.25) is 0 Å². The zero-order valence-electron chi connectivity index (χ0n) is 4.70. The molecule has 0 bridgehead atoms. The maximum absolute atomic E-state index is 10.6. The van der Waals surface area contributed by atoms with Crippen LogP contribution in [0.4, 0.5) is 0 Å². The van der Waals surface area contributed by atoms with Crippen LogP contribution < -0.4 is 5.73 Å². The third kappa shape index (κ3) is 1.14. The Morgan fingerprint density at radius 2 is 2.67 bits per heavy atom. The maximum atomic E-state index is 10.6. The van der Waals surface area contributed by atoms with E-state index in [9.17, 15) is 4.79 Å². The van der Waals surface area contributed by atoms with Gasteiger partial charge >= 0.3 is 0 Å². The zero-order valence-corrected chi connectivity index (χ0v) is 4.70. The number of Topliss-reactive ketones (excluding diaryl/α,β-unsaturated/α-hetero) is 1. The van der Waals surface area contributed by atoms with Gasteiger partial charge in [0, 0.05) is 0 Å². The Morgan fingerprint density at radius 1 is 1.89 bits per heavy atom. The molecule has 0 aliphatic rings. The molecule has 4 nitrogen and oxygen atoms in total. The lowest BCUT2D eigenvalue weighted by atomic mass is 10.3. The predicted molar refractivity (Wildman–Crippen MR) is 29.9 cm³/mol. The van der Waals surface area contributed by atoms with Gasteiger partial charge in [0.05, 0.1) is 6.54 Å². The van der Waals surface area contributed by atoms with E-state index in [0.717, 1.165) is 0 Å². The van der Waals surface area contributed by atoms with E-state index in [2.05, 4.69) is 9.40 Å². The quantitative estimate of drug-likeness (QED) is 0.558. The molecule has 0 radical (unpaired) electrons. The van der Waals surface area contributed by atoms with E-state index >= 15 is 0 Å². The highest BCUT2D eigenvalue weighted by atomic mass is 16.3. The topological polar surface area (TPSA) is 69.1 Å². The summed E-state index contributed by atoms with van der Waals surface area (Å²) >= 11 is 0. The van der Waals surface area contributed by atoms with Gasteiger partial charge in [-0.1, -0.05) is 0 Å². The van der Waals surface area contributed by atoms with Gasteiger partial charge in [0.15, 0.2) is 12.2 Å². The standard InChI is InChI=1S/C5H6N2O2/c6-1-5(8)4-2-9-3-7-4/h2-3H,1,6H2. The number of ketones is 1. The van der Waals surface area contributed by atoms with Crippen molar-refractivity contribution in [1.82, 2.24) is 4.98 Å². The highest BCUT2D eigenvalue weighted by molar-refractivity contribution is 5.95. The van der Waals surface area contributed by atoms with Crippen LogP contribution in [0.3, 0.4) is 0 Å². The molecule has 4 heteroatoms. The van der Waals surface area contributed by atoms with Crippen LogP contribution in [0.2, 0.25) is 0 Å². The summed E-state index contributed by atoms with van der Waals surface area (Å²) in [6.45, 7) is -0.0213. The summed E-state index contributed by atoms with van der Waals surface area (Å²) in [6.07, 6.45) is 2.47. The third-order valence-corrected chi connectivity index (χ3v) is 0.903. The lowest BCUT2D eigenvalue weighted by Crippen LogP contribution is -2.13. The van der Waals surface area contributed by atoms with Crippen LogP contribution in [-0.2, 0) is 0 Å². The van der Waals surface area contributed by atoms with Crippen molar-refractivity contribution in [2.75, 3.05) is 6.54 Å². The highest BCUT2D eigenvalue weighted by Crippen LogP contribution is 1.93. The molecule has 48 valence electrons. The largest absolute Gasteiger partial charge is 0.451 e. The Kier molecular flexibility index (Phi) is 1.60. The van der Waals surface area contributed by atoms with Crippen molar-refractivity contribution in [2.45, 2.75) is 0 Å². The van der Waals surface area contributed by atoms with Crippen LogP contribution in [0.25, 0.3) is 0 Å². The number of rotatable bonds is 2. The molecule has 9 heavy (non-hydrogen) atoms. The molecule has 0 aliphatic heterocycles. The minimum atomic E-state index is -0.205. The number of carbonyl (C=O) groups is 1. The van der Waals surface area contributed by atoms with Crippen molar-refractivity contribution in [3.8, 4) is 0 Å². The van der Waals surface area contributed by atoms with Crippen LogP contribution in [0.5, 0.6) is 0 Å². The van der Waals surface area contributed by atoms with Gasteiger partial charge < -0.3 is 10.2 Å². The van der Waals surface area contributed by atoms with Gasteiger partial charge in [0.1, 0.15) is 12.0 Å². The first kappa shape index (κ1) is 5.97. The molecule has 0 saturated heterocycles. The number of carbonyl (C=O) groups excluding carboxylic acids is 1. The summed E-state index contributed by atoms with van der Waals surface area (Å²) in [5, 5.41) is 0. The Balaban J connectivity index is 2.77. The average Bonchev–Trinajstić information content (AvgIpc) is 2.37. The number of nitrogens with two attached hydrogens (primary N) is 1. The van der Waals surface area contributed by atoms with E-state index in [1.807, 2.05) is 0 Å². The predicted octanol–water partition coefficient (Wildman–Crippen LogP) is -0.184. The summed E-state index contributed by atoms with van der Waals surface area (Å²) in [5.74, 6) is -0.205. The van der Waals surface area contributed by atoms with Crippen molar-refractivity contribution >= 4 is 5.78 Å². The average molecular weight is 126 g/mol. The molecular formula is C5H6N2O2. The molecule has 0 unspecified atom stereocenters. The first-order valence-electron chi connectivity index (χ1n) is 2.46. The van der Waals surface area contributed by atoms with Crippen molar-refractivity contribution < 1.29 is 9.21 Å². The number of nitrogens with zero attached hydrogens (tertiary/aromatic N) is 1. The number of hydrogen-bond donors (Lipinski definition) is 1. The molecule has 2 N–H and O–H groups in total. The molecule has 0 saturated carbocycles. The molecule has 0 fully saturated rings. The normalized spacial score (nSPS) is 9.44. The monoisotopic (exact) mass is 126 g/mol. The Bertz CT molecular complexity index is 193. The molecule has 0 spiro atoms. The van der Waals surface area contributed by atoms with E-state index in [0.29, 0.717) is 0 Å². The van der Waals surface area contributed by atoms with E-state index in [1.165, 1.54) is 12.7 Å². The van der Waals surface area contributed by atoms with Crippen LogP contribution in [-0.4, -0.2) is 17.3 Å². The van der Waals surface area contributed by atoms with E-state index < -0.39 is 0 Å². The van der Waals surface area contributed by atoms with E-state index in [-0.39, 0.29) is 18.0 Å². The van der Waals surface area contributed by atoms with Gasteiger partial charge in [-0.25, -0.2) is 4.98 Å². The first-order chi connectivity index (χ1) is 4.34. The van der Waals surface area contributed by atoms with Crippen LogP contribution in [0.15, 0.2) is 17.1 Å². The molecule has 1 aromatic rings. The fourth-order valence-electron chi connectivity index (χ4n) is 0.455. The summed E-state index contributed by atoms with van der Waals surface area (Å²) < 4.78 is 4.55. The fraction of sp³-hybridized carbons (Fsp3) is 0.200. The van der Waals surface area contributed by atoms with Gasteiger partial charge in [-0.15, -0.1) is 0 Å². The van der Waals surface area contributed by atoms with Crippen molar-refractivity contribution in [2.24, 2.45) is 5.73 Å². The molecule has 0 amide bonds. The molecule has 1 rings (SSSR count). The van der Waals surface area contributed by atoms with Crippen molar-refractivity contribution in [3.63, 3.8) is 0 Å². The second-order valence-electron chi connectivity index (χ2n) is 1.50. The lowest BCUT2D eigenvalue weighted by molar-refractivity contribution is 0.0996. The van der Waals surface area contributed by atoms with Crippen LogP contribution >= 0.6 is 0 Å². The molecule has 1 heterocycles. The third-order valence-electron chi connectivity index (χ3n) is 0.903. The Morgan fingerprint density at radius 3 is 3.11 bits per heavy atom. The zero-order chi connectivity index (χ0) is 6.69. The highest BCUT2D eigenvalue weighted by Gasteiger charge is 2.03. The van der Waals surface area contributed by atoms with Gasteiger partial charge in [-0.05, 0) is 0 Å². The number of aromatic nitrogens is 1. The first-order valence-corrected chi connectivity index (χ1v) is 2.46. The molecular weight excluding hydrogens is 120 g/mol. The second-order valence-corrected chi connectivity index (χ2v) is 1.50. The van der Waals surface area contributed by atoms with Gasteiger partial charge in [0.25, 0.3) is 0 Å². The van der Waals surface area contributed by atoms with Gasteiger partial charge in [-0.3, -0.25) is 4.79 Å². The summed E-state index contributed by atoms with van der Waals surface area (Å²) in [7, 11) is 0.